The van der Waals surface area contributed by atoms with E-state index in [-0.39, 0.29) is 24.2 Å². The van der Waals surface area contributed by atoms with E-state index in [9.17, 15) is 9.18 Å². The Labute approximate surface area is 200 Å². The molecule has 1 saturated heterocycles. The zero-order valence-corrected chi connectivity index (χ0v) is 19.3. The number of likely N-dealkylation sites (tertiary alicyclic amines) is 1. The van der Waals surface area contributed by atoms with Crippen LogP contribution in [0, 0.1) is 5.82 Å². The molecule has 0 aliphatic carbocycles. The molecule has 0 spiro atoms. The SMILES string of the molecule is C=CCn1c(=O)c2cnc(Nc3cncc(F)c3)nc2n1-c1cccc(OC2CCN(C)CC2)n1. The summed E-state index contributed by atoms with van der Waals surface area (Å²) in [5.41, 5.74) is 0.459. The maximum atomic E-state index is 13.6. The third-order valence-corrected chi connectivity index (χ3v) is 5.82. The first-order chi connectivity index (χ1) is 17.0. The van der Waals surface area contributed by atoms with Gasteiger partial charge in [0.1, 0.15) is 17.3 Å². The number of halogens is 1. The van der Waals surface area contributed by atoms with Gasteiger partial charge in [0, 0.05) is 31.4 Å². The standard InChI is InChI=1S/C24H25FN8O2/c1-3-9-32-23(34)19-15-27-24(28-17-12-16(25)13-26-14-17)30-22(19)33(32)20-5-4-6-21(29-20)35-18-7-10-31(2)11-8-18/h3-6,12-15,18H,1,7-11H2,2H3,(H,27,28,30). The molecule has 180 valence electrons. The van der Waals surface area contributed by atoms with Crippen molar-refractivity contribution in [3.63, 3.8) is 0 Å². The van der Waals surface area contributed by atoms with Crippen LogP contribution in [0.4, 0.5) is 16.0 Å². The lowest BCUT2D eigenvalue weighted by Gasteiger charge is -2.29. The lowest BCUT2D eigenvalue weighted by molar-refractivity contribution is 0.110. The summed E-state index contributed by atoms with van der Waals surface area (Å²) in [6.07, 6.45) is 7.56. The summed E-state index contributed by atoms with van der Waals surface area (Å²) in [6.45, 7) is 5.96. The molecule has 5 rings (SSSR count). The normalized spacial score (nSPS) is 14.8. The fourth-order valence-corrected chi connectivity index (χ4v) is 4.08. The molecule has 0 amide bonds. The molecule has 4 aromatic rings. The second kappa shape index (κ2) is 9.63. The first-order valence-corrected chi connectivity index (χ1v) is 11.3. The number of hydrogen-bond donors (Lipinski definition) is 1. The van der Waals surface area contributed by atoms with E-state index in [2.05, 4.69) is 43.8 Å². The predicted octanol–water partition coefficient (Wildman–Crippen LogP) is 2.91. The Bertz CT molecular complexity index is 1420. The number of piperidine rings is 1. The van der Waals surface area contributed by atoms with Crippen LogP contribution in [0.2, 0.25) is 0 Å². The minimum absolute atomic E-state index is 0.0868. The van der Waals surface area contributed by atoms with E-state index in [1.807, 2.05) is 12.1 Å². The first-order valence-electron chi connectivity index (χ1n) is 11.3. The third kappa shape index (κ3) is 4.76. The molecule has 1 fully saturated rings. The zero-order chi connectivity index (χ0) is 24.4. The summed E-state index contributed by atoms with van der Waals surface area (Å²) < 4.78 is 22.8. The van der Waals surface area contributed by atoms with Gasteiger partial charge >= 0.3 is 0 Å². The summed E-state index contributed by atoms with van der Waals surface area (Å²) in [6, 6.07) is 6.70. The Morgan fingerprint density at radius 3 is 2.83 bits per heavy atom. The molecule has 4 aromatic heterocycles. The monoisotopic (exact) mass is 476 g/mol. The molecule has 35 heavy (non-hydrogen) atoms. The van der Waals surface area contributed by atoms with Crippen LogP contribution in [0.3, 0.4) is 0 Å². The number of rotatable bonds is 7. The molecule has 0 radical (unpaired) electrons. The second-order valence-corrected chi connectivity index (χ2v) is 8.39. The number of hydrogen-bond acceptors (Lipinski definition) is 8. The van der Waals surface area contributed by atoms with E-state index in [4.69, 9.17) is 4.74 Å². The fraction of sp³-hybridized carbons (Fsp3) is 0.292. The summed E-state index contributed by atoms with van der Waals surface area (Å²) in [5, 5.41) is 3.24. The van der Waals surface area contributed by atoms with Gasteiger partial charge in [0.15, 0.2) is 11.5 Å². The summed E-state index contributed by atoms with van der Waals surface area (Å²) in [7, 11) is 2.10. The van der Waals surface area contributed by atoms with Crippen LogP contribution in [-0.2, 0) is 6.54 Å². The topological polar surface area (TPSA) is 103 Å². The Hall–Kier alpha value is -4.12. The maximum absolute atomic E-state index is 13.6. The van der Waals surface area contributed by atoms with Crippen molar-refractivity contribution in [1.29, 1.82) is 0 Å². The Morgan fingerprint density at radius 1 is 1.23 bits per heavy atom. The molecule has 0 unspecified atom stereocenters. The number of allylic oxidation sites excluding steroid dienone is 1. The van der Waals surface area contributed by atoms with Gasteiger partial charge < -0.3 is 15.0 Å². The Morgan fingerprint density at radius 2 is 2.06 bits per heavy atom. The number of nitrogens with zero attached hydrogens (tertiary/aromatic N) is 7. The van der Waals surface area contributed by atoms with Gasteiger partial charge in [0.2, 0.25) is 11.8 Å². The highest BCUT2D eigenvalue weighted by Crippen LogP contribution is 2.21. The van der Waals surface area contributed by atoms with Crippen LogP contribution in [0.5, 0.6) is 5.88 Å². The summed E-state index contributed by atoms with van der Waals surface area (Å²) in [5.74, 6) is 0.653. The largest absolute Gasteiger partial charge is 0.474 e. The number of nitrogens with one attached hydrogen (secondary N) is 1. The van der Waals surface area contributed by atoms with E-state index >= 15 is 0 Å². The molecule has 0 saturated carbocycles. The number of fused-ring (bicyclic) bond motifs is 1. The van der Waals surface area contributed by atoms with Crippen LogP contribution in [0.1, 0.15) is 12.8 Å². The molecular weight excluding hydrogens is 451 g/mol. The molecule has 1 aliphatic rings. The van der Waals surface area contributed by atoms with Crippen molar-refractivity contribution in [2.75, 3.05) is 25.5 Å². The number of ether oxygens (including phenoxy) is 1. The Kier molecular flexibility index (Phi) is 6.23. The van der Waals surface area contributed by atoms with Crippen LogP contribution in [0.15, 0.2) is 60.3 Å². The van der Waals surface area contributed by atoms with Crippen LogP contribution in [0.25, 0.3) is 16.9 Å². The first kappa shape index (κ1) is 22.7. The average Bonchev–Trinajstić information content (AvgIpc) is 3.12. The van der Waals surface area contributed by atoms with Crippen molar-refractivity contribution in [2.24, 2.45) is 0 Å². The van der Waals surface area contributed by atoms with E-state index in [0.29, 0.717) is 28.4 Å². The smallest absolute Gasteiger partial charge is 0.278 e. The molecule has 1 N–H and O–H groups in total. The highest BCUT2D eigenvalue weighted by atomic mass is 19.1. The zero-order valence-electron chi connectivity index (χ0n) is 19.3. The minimum Gasteiger partial charge on any atom is -0.474 e. The third-order valence-electron chi connectivity index (χ3n) is 5.82. The molecule has 0 aromatic carbocycles. The van der Waals surface area contributed by atoms with Gasteiger partial charge in [-0.2, -0.15) is 9.97 Å². The molecular formula is C24H25FN8O2. The van der Waals surface area contributed by atoms with Crippen molar-refractivity contribution in [3.05, 3.63) is 71.7 Å². The van der Waals surface area contributed by atoms with Crippen molar-refractivity contribution in [2.45, 2.75) is 25.5 Å². The van der Waals surface area contributed by atoms with Crippen LogP contribution in [-0.4, -0.2) is 60.4 Å². The molecule has 0 bridgehead atoms. The number of pyridine rings is 2. The molecule has 5 heterocycles. The predicted molar refractivity (Wildman–Crippen MR) is 130 cm³/mol. The van der Waals surface area contributed by atoms with Crippen LogP contribution < -0.4 is 15.6 Å². The fourth-order valence-electron chi connectivity index (χ4n) is 4.08. The van der Waals surface area contributed by atoms with Gasteiger partial charge in [-0.25, -0.2) is 18.7 Å². The highest BCUT2D eigenvalue weighted by molar-refractivity contribution is 5.77. The second-order valence-electron chi connectivity index (χ2n) is 8.39. The van der Waals surface area contributed by atoms with E-state index < -0.39 is 5.82 Å². The summed E-state index contributed by atoms with van der Waals surface area (Å²) in [4.78, 5) is 32.7. The van der Waals surface area contributed by atoms with Crippen molar-refractivity contribution >= 4 is 22.7 Å². The maximum Gasteiger partial charge on any atom is 0.278 e. The van der Waals surface area contributed by atoms with Crippen molar-refractivity contribution in [3.8, 4) is 11.7 Å². The lowest BCUT2D eigenvalue weighted by Crippen LogP contribution is -2.35. The Balaban J connectivity index is 1.54. The van der Waals surface area contributed by atoms with Crippen LogP contribution >= 0.6 is 0 Å². The van der Waals surface area contributed by atoms with Gasteiger partial charge in [-0.3, -0.25) is 9.78 Å². The molecule has 10 nitrogen and oxygen atoms in total. The van der Waals surface area contributed by atoms with Crippen molar-refractivity contribution in [1.82, 2.24) is 34.2 Å². The molecule has 11 heteroatoms. The van der Waals surface area contributed by atoms with Gasteiger partial charge in [-0.15, -0.1) is 6.58 Å². The molecule has 0 atom stereocenters. The minimum atomic E-state index is -0.490. The van der Waals surface area contributed by atoms with Gasteiger partial charge in [0.05, 0.1) is 24.6 Å². The summed E-state index contributed by atoms with van der Waals surface area (Å²) >= 11 is 0. The van der Waals surface area contributed by atoms with E-state index in [1.165, 1.54) is 23.1 Å². The van der Waals surface area contributed by atoms with E-state index in [1.54, 1.807) is 16.8 Å². The van der Waals surface area contributed by atoms with E-state index in [0.717, 1.165) is 32.1 Å². The quantitative estimate of drug-likeness (QED) is 0.406. The van der Waals surface area contributed by atoms with Gasteiger partial charge in [-0.1, -0.05) is 12.1 Å². The lowest BCUT2D eigenvalue weighted by atomic mass is 10.1. The van der Waals surface area contributed by atoms with Gasteiger partial charge in [-0.05, 0) is 26.0 Å². The van der Waals surface area contributed by atoms with Gasteiger partial charge in [0.25, 0.3) is 5.56 Å². The highest BCUT2D eigenvalue weighted by Gasteiger charge is 2.21. The number of anilines is 2. The molecule has 1 aliphatic heterocycles. The average molecular weight is 477 g/mol. The number of aromatic nitrogens is 6. The van der Waals surface area contributed by atoms with Crippen molar-refractivity contribution < 1.29 is 9.13 Å².